The van der Waals surface area contributed by atoms with Gasteiger partial charge in [-0.3, -0.25) is 0 Å². The molecular weight excluding hydrogens is 388 g/mol. The molecule has 0 bridgehead atoms. The molecule has 0 aliphatic carbocycles. The van der Waals surface area contributed by atoms with E-state index in [1.165, 1.54) is 14.7 Å². The van der Waals surface area contributed by atoms with E-state index in [9.17, 15) is 16.8 Å². The van der Waals surface area contributed by atoms with Crippen LogP contribution in [0.2, 0.25) is 5.02 Å². The quantitative estimate of drug-likeness (QED) is 0.712. The number of hydrogen-bond donors (Lipinski definition) is 0. The molecule has 0 saturated carbocycles. The number of nitrogens with zero attached hydrogens (tertiary/aromatic N) is 2. The van der Waals surface area contributed by atoms with Crippen molar-refractivity contribution in [2.24, 2.45) is 0 Å². The average molecular weight is 411 g/mol. The van der Waals surface area contributed by atoms with E-state index >= 15 is 0 Å². The van der Waals surface area contributed by atoms with E-state index in [0.717, 1.165) is 5.56 Å². The summed E-state index contributed by atoms with van der Waals surface area (Å²) in [6.45, 7) is 5.91. The third-order valence-electron chi connectivity index (χ3n) is 4.10. The standard InChI is InChI=1S/C15H23ClN2O5S2/c1-4-23-14-10-12(3)13(16)11-15(14)25(21,22)18-8-6-17(7-9-18)24(19,20)5-2/h10-11H,4-9H2,1-3H3. The lowest BCUT2D eigenvalue weighted by Crippen LogP contribution is -2.50. The SMILES string of the molecule is CCOc1cc(C)c(Cl)cc1S(=O)(=O)N1CCN(S(=O)(=O)CC)CC1. The Morgan fingerprint density at radius 3 is 2.12 bits per heavy atom. The third-order valence-corrected chi connectivity index (χ3v) is 8.31. The van der Waals surface area contributed by atoms with Crippen molar-refractivity contribution in [2.75, 3.05) is 38.5 Å². The van der Waals surface area contributed by atoms with Crippen molar-refractivity contribution in [1.82, 2.24) is 8.61 Å². The maximum absolute atomic E-state index is 13.0. The summed E-state index contributed by atoms with van der Waals surface area (Å²) in [4.78, 5) is 0.0109. The van der Waals surface area contributed by atoms with Crippen LogP contribution in [-0.4, -0.2) is 64.0 Å². The molecule has 1 aromatic carbocycles. The predicted octanol–water partition coefficient (Wildman–Crippen LogP) is 1.70. The first-order valence-corrected chi connectivity index (χ1v) is 11.5. The summed E-state index contributed by atoms with van der Waals surface area (Å²) in [5, 5.41) is 0.342. The third kappa shape index (κ3) is 4.28. The number of benzene rings is 1. The van der Waals surface area contributed by atoms with Gasteiger partial charge >= 0.3 is 0 Å². The number of sulfonamides is 2. The van der Waals surface area contributed by atoms with Crippen LogP contribution in [0.1, 0.15) is 19.4 Å². The van der Waals surface area contributed by atoms with Crippen LogP contribution in [0.15, 0.2) is 17.0 Å². The zero-order valence-corrected chi connectivity index (χ0v) is 16.9. The number of aryl methyl sites for hydroxylation is 1. The Hall–Kier alpha value is -0.870. The van der Waals surface area contributed by atoms with E-state index in [-0.39, 0.29) is 42.6 Å². The Morgan fingerprint density at radius 2 is 1.60 bits per heavy atom. The normalized spacial score (nSPS) is 17.6. The minimum atomic E-state index is -3.83. The van der Waals surface area contributed by atoms with Gasteiger partial charge in [0, 0.05) is 31.2 Å². The van der Waals surface area contributed by atoms with Crippen molar-refractivity contribution >= 4 is 31.6 Å². The van der Waals surface area contributed by atoms with E-state index in [2.05, 4.69) is 0 Å². The molecule has 1 fully saturated rings. The summed E-state index contributed by atoms with van der Waals surface area (Å²) in [7, 11) is -7.15. The highest BCUT2D eigenvalue weighted by molar-refractivity contribution is 7.89. The van der Waals surface area contributed by atoms with E-state index < -0.39 is 20.0 Å². The predicted molar refractivity (Wildman–Crippen MR) is 97.2 cm³/mol. The Kier molecular flexibility index (Phi) is 6.37. The minimum Gasteiger partial charge on any atom is -0.492 e. The highest BCUT2D eigenvalue weighted by Crippen LogP contribution is 2.33. The van der Waals surface area contributed by atoms with Gasteiger partial charge in [-0.05, 0) is 38.5 Å². The monoisotopic (exact) mass is 410 g/mol. The number of rotatable bonds is 6. The van der Waals surface area contributed by atoms with Gasteiger partial charge in [-0.25, -0.2) is 16.8 Å². The van der Waals surface area contributed by atoms with Crippen LogP contribution in [0.3, 0.4) is 0 Å². The molecule has 1 heterocycles. The molecule has 0 N–H and O–H groups in total. The van der Waals surface area contributed by atoms with Crippen LogP contribution < -0.4 is 4.74 Å². The summed E-state index contributed by atoms with van der Waals surface area (Å²) in [5.41, 5.74) is 0.725. The Balaban J connectivity index is 2.30. The molecule has 1 aromatic rings. The second-order valence-electron chi connectivity index (χ2n) is 5.68. The van der Waals surface area contributed by atoms with Crippen molar-refractivity contribution in [3.05, 3.63) is 22.7 Å². The van der Waals surface area contributed by atoms with Gasteiger partial charge in [0.05, 0.1) is 12.4 Å². The maximum Gasteiger partial charge on any atom is 0.246 e. The summed E-state index contributed by atoms with van der Waals surface area (Å²) in [6, 6.07) is 3.00. The fourth-order valence-corrected chi connectivity index (χ4v) is 5.49. The molecular formula is C15H23ClN2O5S2. The van der Waals surface area contributed by atoms with Crippen LogP contribution in [0.5, 0.6) is 5.75 Å². The van der Waals surface area contributed by atoms with Gasteiger partial charge in [0.25, 0.3) is 0 Å². The van der Waals surface area contributed by atoms with E-state index in [1.807, 2.05) is 0 Å². The van der Waals surface area contributed by atoms with Gasteiger partial charge in [-0.15, -0.1) is 0 Å². The molecule has 2 rings (SSSR count). The van der Waals surface area contributed by atoms with Crippen molar-refractivity contribution in [1.29, 1.82) is 0 Å². The zero-order chi connectivity index (χ0) is 18.8. The fraction of sp³-hybridized carbons (Fsp3) is 0.600. The Labute approximate surface area is 154 Å². The van der Waals surface area contributed by atoms with Gasteiger partial charge < -0.3 is 4.74 Å². The molecule has 0 spiro atoms. The lowest BCUT2D eigenvalue weighted by Gasteiger charge is -2.33. The van der Waals surface area contributed by atoms with Gasteiger partial charge in [0.15, 0.2) is 0 Å². The second-order valence-corrected chi connectivity index (χ2v) is 10.3. The largest absolute Gasteiger partial charge is 0.492 e. The van der Waals surface area contributed by atoms with Crippen LogP contribution >= 0.6 is 11.6 Å². The van der Waals surface area contributed by atoms with Gasteiger partial charge in [-0.2, -0.15) is 8.61 Å². The van der Waals surface area contributed by atoms with E-state index in [1.54, 1.807) is 26.8 Å². The van der Waals surface area contributed by atoms with Gasteiger partial charge in [0.2, 0.25) is 20.0 Å². The van der Waals surface area contributed by atoms with Crippen LogP contribution in [0.4, 0.5) is 0 Å². The number of halogens is 1. The maximum atomic E-state index is 13.0. The molecule has 1 saturated heterocycles. The summed E-state index contributed by atoms with van der Waals surface area (Å²) >= 11 is 6.11. The number of hydrogen-bond acceptors (Lipinski definition) is 5. The smallest absolute Gasteiger partial charge is 0.246 e. The van der Waals surface area contributed by atoms with Crippen LogP contribution in [0, 0.1) is 6.92 Å². The van der Waals surface area contributed by atoms with Gasteiger partial charge in [0.1, 0.15) is 10.6 Å². The molecule has 0 atom stereocenters. The van der Waals surface area contributed by atoms with Crippen molar-refractivity contribution in [3.8, 4) is 5.75 Å². The minimum absolute atomic E-state index is 0.00179. The molecule has 25 heavy (non-hydrogen) atoms. The van der Waals surface area contributed by atoms with E-state index in [4.69, 9.17) is 16.3 Å². The fourth-order valence-electron chi connectivity index (χ4n) is 2.62. The van der Waals surface area contributed by atoms with Crippen molar-refractivity contribution in [3.63, 3.8) is 0 Å². The molecule has 0 radical (unpaired) electrons. The van der Waals surface area contributed by atoms with Crippen LogP contribution in [-0.2, 0) is 20.0 Å². The van der Waals surface area contributed by atoms with Crippen molar-refractivity contribution < 1.29 is 21.6 Å². The van der Waals surface area contributed by atoms with E-state index in [0.29, 0.717) is 11.6 Å². The lowest BCUT2D eigenvalue weighted by atomic mass is 10.2. The molecule has 1 aliphatic rings. The topological polar surface area (TPSA) is 84.0 Å². The molecule has 7 nitrogen and oxygen atoms in total. The molecule has 1 aliphatic heterocycles. The molecule has 0 aromatic heterocycles. The molecule has 0 unspecified atom stereocenters. The summed E-state index contributed by atoms with van der Waals surface area (Å²) in [5.74, 6) is 0.259. The molecule has 142 valence electrons. The van der Waals surface area contributed by atoms with Gasteiger partial charge in [-0.1, -0.05) is 11.6 Å². The highest BCUT2D eigenvalue weighted by Gasteiger charge is 2.34. The first-order valence-electron chi connectivity index (χ1n) is 8.04. The van der Waals surface area contributed by atoms with Crippen molar-refractivity contribution in [2.45, 2.75) is 25.7 Å². The summed E-state index contributed by atoms with van der Waals surface area (Å²) < 4.78 is 57.9. The Morgan fingerprint density at radius 1 is 1.04 bits per heavy atom. The van der Waals surface area contributed by atoms with Crippen LogP contribution in [0.25, 0.3) is 0 Å². The first kappa shape index (κ1) is 20.4. The zero-order valence-electron chi connectivity index (χ0n) is 14.5. The summed E-state index contributed by atoms with van der Waals surface area (Å²) in [6.07, 6.45) is 0. The average Bonchev–Trinajstić information content (AvgIpc) is 2.58. The molecule has 10 heteroatoms. The lowest BCUT2D eigenvalue weighted by molar-refractivity contribution is 0.271. The highest BCUT2D eigenvalue weighted by atomic mass is 35.5. The number of piperazine rings is 1. The molecule has 0 amide bonds. The Bertz CT molecular complexity index is 832. The number of ether oxygens (including phenoxy) is 1. The first-order chi connectivity index (χ1) is 11.6. The second kappa shape index (κ2) is 7.79.